The van der Waals surface area contributed by atoms with E-state index in [9.17, 15) is 0 Å². The van der Waals surface area contributed by atoms with Crippen molar-refractivity contribution in [1.82, 2.24) is 9.55 Å². The Morgan fingerprint density at radius 3 is 2.77 bits per heavy atom. The summed E-state index contributed by atoms with van der Waals surface area (Å²) in [5.74, 6) is 0.481. The molecule has 1 heterocycles. The van der Waals surface area contributed by atoms with Crippen LogP contribution in [0.25, 0.3) is 0 Å². The van der Waals surface area contributed by atoms with E-state index in [0.29, 0.717) is 12.0 Å². The van der Waals surface area contributed by atoms with Crippen LogP contribution in [0.1, 0.15) is 44.5 Å². The molecule has 0 aromatic carbocycles. The van der Waals surface area contributed by atoms with Crippen LogP contribution in [0.3, 0.4) is 0 Å². The predicted octanol–water partition coefficient (Wildman–Crippen LogP) is 1.87. The van der Waals surface area contributed by atoms with Crippen LogP contribution in [0.2, 0.25) is 0 Å². The van der Waals surface area contributed by atoms with E-state index in [4.69, 9.17) is 5.73 Å². The first-order valence-electron chi connectivity index (χ1n) is 4.97. The minimum absolute atomic E-state index is 0.128. The van der Waals surface area contributed by atoms with E-state index in [-0.39, 0.29) is 6.04 Å². The van der Waals surface area contributed by atoms with Crippen molar-refractivity contribution in [2.75, 3.05) is 0 Å². The normalized spacial score (nSPS) is 19.4. The van der Waals surface area contributed by atoms with Crippen molar-refractivity contribution in [2.45, 2.75) is 38.8 Å². The van der Waals surface area contributed by atoms with Crippen LogP contribution in [-0.4, -0.2) is 9.55 Å². The highest BCUT2D eigenvalue weighted by atomic mass is 15.1. The fraction of sp³-hybridized carbons (Fsp3) is 0.700. The lowest BCUT2D eigenvalue weighted by Crippen LogP contribution is -2.20. The molecule has 0 bridgehead atoms. The average Bonchev–Trinajstić information content (AvgIpc) is 2.83. The number of rotatable bonds is 3. The molecule has 1 aromatic rings. The third-order valence-electron chi connectivity index (χ3n) is 2.70. The van der Waals surface area contributed by atoms with Crippen LogP contribution in [0.15, 0.2) is 12.5 Å². The van der Waals surface area contributed by atoms with Crippen LogP contribution < -0.4 is 5.73 Å². The van der Waals surface area contributed by atoms with Gasteiger partial charge in [0.15, 0.2) is 0 Å². The van der Waals surface area contributed by atoms with Gasteiger partial charge in [0.25, 0.3) is 0 Å². The molecule has 3 nitrogen and oxygen atoms in total. The lowest BCUT2D eigenvalue weighted by Gasteiger charge is -2.17. The van der Waals surface area contributed by atoms with Crippen LogP contribution >= 0.6 is 0 Å². The first kappa shape index (κ1) is 8.75. The molecule has 1 unspecified atom stereocenters. The Morgan fingerprint density at radius 1 is 1.54 bits per heavy atom. The lowest BCUT2D eigenvalue weighted by atomic mass is 10.0. The first-order valence-corrected chi connectivity index (χ1v) is 4.97. The van der Waals surface area contributed by atoms with E-state index in [0.717, 1.165) is 0 Å². The van der Waals surface area contributed by atoms with Crippen molar-refractivity contribution >= 4 is 0 Å². The Labute approximate surface area is 79.0 Å². The highest BCUT2D eigenvalue weighted by Gasteiger charge is 2.27. The van der Waals surface area contributed by atoms with Crippen molar-refractivity contribution < 1.29 is 0 Å². The van der Waals surface area contributed by atoms with Gasteiger partial charge < -0.3 is 10.3 Å². The highest BCUT2D eigenvalue weighted by molar-refractivity contribution is 5.08. The SMILES string of the molecule is CC(C)C(N)c1cncn1C1CC1. The van der Waals surface area contributed by atoms with Crippen molar-refractivity contribution in [2.24, 2.45) is 11.7 Å². The van der Waals surface area contributed by atoms with Crippen LogP contribution in [0.4, 0.5) is 0 Å². The summed E-state index contributed by atoms with van der Waals surface area (Å²) < 4.78 is 2.24. The van der Waals surface area contributed by atoms with Crippen LogP contribution in [0, 0.1) is 5.92 Å². The average molecular weight is 179 g/mol. The number of nitrogens with zero attached hydrogens (tertiary/aromatic N) is 2. The maximum Gasteiger partial charge on any atom is 0.0951 e. The Kier molecular flexibility index (Phi) is 2.12. The number of hydrogen-bond acceptors (Lipinski definition) is 2. The minimum atomic E-state index is 0.128. The van der Waals surface area contributed by atoms with Crippen molar-refractivity contribution in [3.05, 3.63) is 18.2 Å². The second-order valence-electron chi connectivity index (χ2n) is 4.23. The summed E-state index contributed by atoms with van der Waals surface area (Å²) in [6, 6.07) is 0.811. The van der Waals surface area contributed by atoms with Gasteiger partial charge in [0, 0.05) is 18.3 Å². The second-order valence-corrected chi connectivity index (χ2v) is 4.23. The number of hydrogen-bond donors (Lipinski definition) is 1. The Balaban J connectivity index is 2.22. The fourth-order valence-corrected chi connectivity index (χ4v) is 1.57. The summed E-state index contributed by atoms with van der Waals surface area (Å²) in [7, 11) is 0. The van der Waals surface area contributed by atoms with Gasteiger partial charge in [0.2, 0.25) is 0 Å². The summed E-state index contributed by atoms with van der Waals surface area (Å²) in [6.07, 6.45) is 6.39. The Morgan fingerprint density at radius 2 is 2.23 bits per heavy atom. The third-order valence-corrected chi connectivity index (χ3v) is 2.70. The van der Waals surface area contributed by atoms with E-state index in [1.807, 2.05) is 12.5 Å². The number of aromatic nitrogens is 2. The van der Waals surface area contributed by atoms with E-state index < -0.39 is 0 Å². The van der Waals surface area contributed by atoms with Crippen molar-refractivity contribution in [1.29, 1.82) is 0 Å². The quantitative estimate of drug-likeness (QED) is 0.769. The molecule has 3 heteroatoms. The molecule has 1 aliphatic carbocycles. The molecule has 0 aliphatic heterocycles. The van der Waals surface area contributed by atoms with Gasteiger partial charge in [-0.05, 0) is 18.8 Å². The van der Waals surface area contributed by atoms with Gasteiger partial charge in [-0.3, -0.25) is 0 Å². The van der Waals surface area contributed by atoms with Gasteiger partial charge in [-0.25, -0.2) is 4.98 Å². The molecular weight excluding hydrogens is 162 g/mol. The summed E-state index contributed by atoms with van der Waals surface area (Å²) in [4.78, 5) is 4.17. The molecule has 0 amide bonds. The molecule has 0 spiro atoms. The molecule has 2 N–H and O–H groups in total. The zero-order chi connectivity index (χ0) is 9.42. The second kappa shape index (κ2) is 3.14. The third kappa shape index (κ3) is 1.61. The van der Waals surface area contributed by atoms with E-state index in [1.54, 1.807) is 0 Å². The van der Waals surface area contributed by atoms with Crippen molar-refractivity contribution in [3.8, 4) is 0 Å². The fourth-order valence-electron chi connectivity index (χ4n) is 1.57. The van der Waals surface area contributed by atoms with Crippen molar-refractivity contribution in [3.63, 3.8) is 0 Å². The Bertz CT molecular complexity index is 286. The van der Waals surface area contributed by atoms with Gasteiger partial charge in [0.1, 0.15) is 0 Å². The van der Waals surface area contributed by atoms with Crippen LogP contribution in [-0.2, 0) is 0 Å². The molecule has 0 saturated heterocycles. The first-order chi connectivity index (χ1) is 6.20. The van der Waals surface area contributed by atoms with Gasteiger partial charge in [-0.1, -0.05) is 13.8 Å². The standard InChI is InChI=1S/C10H17N3/c1-7(2)10(11)9-5-12-6-13(9)8-3-4-8/h5-8,10H,3-4,11H2,1-2H3. The largest absolute Gasteiger partial charge is 0.330 e. The molecule has 1 aliphatic rings. The molecule has 72 valence electrons. The molecular formula is C10H17N3. The molecule has 2 rings (SSSR count). The summed E-state index contributed by atoms with van der Waals surface area (Å²) in [5.41, 5.74) is 7.28. The molecule has 1 fully saturated rings. The van der Waals surface area contributed by atoms with Gasteiger partial charge in [0.05, 0.1) is 12.0 Å². The topological polar surface area (TPSA) is 43.8 Å². The predicted molar refractivity (Wildman–Crippen MR) is 52.3 cm³/mol. The Hall–Kier alpha value is -0.830. The van der Waals surface area contributed by atoms with E-state index in [1.165, 1.54) is 18.5 Å². The molecule has 0 radical (unpaired) electrons. The zero-order valence-corrected chi connectivity index (χ0v) is 8.27. The lowest BCUT2D eigenvalue weighted by molar-refractivity contribution is 0.479. The highest BCUT2D eigenvalue weighted by Crippen LogP contribution is 2.37. The van der Waals surface area contributed by atoms with Crippen LogP contribution in [0.5, 0.6) is 0 Å². The smallest absolute Gasteiger partial charge is 0.0951 e. The summed E-state index contributed by atoms with van der Waals surface area (Å²) >= 11 is 0. The summed E-state index contributed by atoms with van der Waals surface area (Å²) in [6.45, 7) is 4.30. The molecule has 1 aromatic heterocycles. The summed E-state index contributed by atoms with van der Waals surface area (Å²) in [5, 5.41) is 0. The number of imidazole rings is 1. The molecule has 1 atom stereocenters. The van der Waals surface area contributed by atoms with Gasteiger partial charge in [-0.15, -0.1) is 0 Å². The maximum absolute atomic E-state index is 6.09. The van der Waals surface area contributed by atoms with E-state index >= 15 is 0 Å². The van der Waals surface area contributed by atoms with Gasteiger partial charge >= 0.3 is 0 Å². The maximum atomic E-state index is 6.09. The monoisotopic (exact) mass is 179 g/mol. The van der Waals surface area contributed by atoms with E-state index in [2.05, 4.69) is 23.4 Å². The van der Waals surface area contributed by atoms with Gasteiger partial charge in [-0.2, -0.15) is 0 Å². The number of nitrogens with two attached hydrogens (primary N) is 1. The molecule has 1 saturated carbocycles. The molecule has 13 heavy (non-hydrogen) atoms. The minimum Gasteiger partial charge on any atom is -0.330 e. The zero-order valence-electron chi connectivity index (χ0n) is 8.27.